The van der Waals surface area contributed by atoms with E-state index in [9.17, 15) is 9.59 Å². The molecule has 2 rings (SSSR count). The lowest BCUT2D eigenvalue weighted by atomic mass is 10.2. The van der Waals surface area contributed by atoms with Gasteiger partial charge in [-0.2, -0.15) is 0 Å². The molecule has 0 unspecified atom stereocenters. The Morgan fingerprint density at radius 1 is 1.41 bits per heavy atom. The van der Waals surface area contributed by atoms with Crippen LogP contribution in [0.1, 0.15) is 19.8 Å². The van der Waals surface area contributed by atoms with Crippen LogP contribution in [0.5, 0.6) is 5.75 Å². The number of esters is 1. The molecule has 1 saturated carbocycles. The van der Waals surface area contributed by atoms with Crippen molar-refractivity contribution in [3.8, 4) is 5.75 Å². The number of ether oxygens (including phenoxy) is 2. The highest BCUT2D eigenvalue weighted by Crippen LogP contribution is 2.32. The molecule has 0 aliphatic heterocycles. The molecule has 0 bridgehead atoms. The highest BCUT2D eigenvalue weighted by molar-refractivity contribution is 9.10. The molecule has 1 amide bonds. The van der Waals surface area contributed by atoms with Crippen molar-refractivity contribution in [1.82, 2.24) is 5.32 Å². The van der Waals surface area contributed by atoms with E-state index in [1.807, 2.05) is 6.92 Å². The fourth-order valence-electron chi connectivity index (χ4n) is 1.93. The summed E-state index contributed by atoms with van der Waals surface area (Å²) >= 11 is 9.24. The Balaban J connectivity index is 1.67. The molecule has 1 aliphatic rings. The number of amides is 1. The molecule has 5 nitrogen and oxygen atoms in total. The first-order chi connectivity index (χ1) is 10.5. The summed E-state index contributed by atoms with van der Waals surface area (Å²) in [5, 5.41) is 3.19. The van der Waals surface area contributed by atoms with Gasteiger partial charge in [-0.25, -0.2) is 4.79 Å². The Labute approximate surface area is 142 Å². The van der Waals surface area contributed by atoms with Crippen molar-refractivity contribution in [2.75, 3.05) is 13.2 Å². The molecule has 1 aliphatic carbocycles. The summed E-state index contributed by atoms with van der Waals surface area (Å²) < 4.78 is 10.9. The second-order valence-electron chi connectivity index (χ2n) is 5.22. The minimum Gasteiger partial charge on any atom is -0.480 e. The SMILES string of the molecule is C[C@H](NC(=O)COC(=O)COc1ccc(Br)cc1Cl)C1CC1. The van der Waals surface area contributed by atoms with Gasteiger partial charge >= 0.3 is 5.97 Å². The van der Waals surface area contributed by atoms with Crippen LogP contribution in [0.15, 0.2) is 22.7 Å². The number of carbonyl (C=O) groups excluding carboxylic acids is 2. The molecular weight excluding hydrogens is 374 g/mol. The zero-order valence-corrected chi connectivity index (χ0v) is 14.4. The van der Waals surface area contributed by atoms with Crippen molar-refractivity contribution in [2.45, 2.75) is 25.8 Å². The second-order valence-corrected chi connectivity index (χ2v) is 6.54. The lowest BCUT2D eigenvalue weighted by Crippen LogP contribution is -2.37. The lowest BCUT2D eigenvalue weighted by molar-refractivity contribution is -0.150. The molecule has 0 heterocycles. The molecule has 7 heteroatoms. The van der Waals surface area contributed by atoms with E-state index in [0.29, 0.717) is 16.7 Å². The molecule has 120 valence electrons. The Morgan fingerprint density at radius 2 is 2.14 bits per heavy atom. The monoisotopic (exact) mass is 389 g/mol. The van der Waals surface area contributed by atoms with Gasteiger partial charge in [-0.1, -0.05) is 27.5 Å². The van der Waals surface area contributed by atoms with Crippen LogP contribution in [-0.4, -0.2) is 31.1 Å². The summed E-state index contributed by atoms with van der Waals surface area (Å²) in [4.78, 5) is 23.2. The summed E-state index contributed by atoms with van der Waals surface area (Å²) in [6.07, 6.45) is 2.28. The van der Waals surface area contributed by atoms with E-state index >= 15 is 0 Å². The largest absolute Gasteiger partial charge is 0.480 e. The molecule has 1 atom stereocenters. The second kappa shape index (κ2) is 7.83. The number of hydrogen-bond donors (Lipinski definition) is 1. The van der Waals surface area contributed by atoms with Crippen LogP contribution in [0, 0.1) is 5.92 Å². The highest BCUT2D eigenvalue weighted by atomic mass is 79.9. The smallest absolute Gasteiger partial charge is 0.344 e. The molecular formula is C15H17BrClNO4. The van der Waals surface area contributed by atoms with Gasteiger partial charge in [-0.15, -0.1) is 0 Å². The van der Waals surface area contributed by atoms with Crippen LogP contribution in [0.2, 0.25) is 5.02 Å². The Morgan fingerprint density at radius 3 is 2.77 bits per heavy atom. The van der Waals surface area contributed by atoms with Crippen molar-refractivity contribution in [1.29, 1.82) is 0 Å². The predicted molar refractivity (Wildman–Crippen MR) is 85.9 cm³/mol. The molecule has 0 spiro atoms. The minimum absolute atomic E-state index is 0.129. The van der Waals surface area contributed by atoms with Gasteiger partial charge in [0, 0.05) is 10.5 Å². The van der Waals surface area contributed by atoms with Crippen molar-refractivity contribution in [3.05, 3.63) is 27.7 Å². The quantitative estimate of drug-likeness (QED) is 0.727. The third-order valence-electron chi connectivity index (χ3n) is 3.32. The van der Waals surface area contributed by atoms with Gasteiger partial charge < -0.3 is 14.8 Å². The van der Waals surface area contributed by atoms with Gasteiger partial charge in [0.05, 0.1) is 5.02 Å². The van der Waals surface area contributed by atoms with Crippen LogP contribution in [0.3, 0.4) is 0 Å². The van der Waals surface area contributed by atoms with Gasteiger partial charge in [0.2, 0.25) is 0 Å². The molecule has 1 aromatic carbocycles. The van der Waals surface area contributed by atoms with Gasteiger partial charge in [0.25, 0.3) is 5.91 Å². The average molecular weight is 391 g/mol. The number of benzene rings is 1. The zero-order valence-electron chi connectivity index (χ0n) is 12.1. The number of halogens is 2. The maximum absolute atomic E-state index is 11.6. The van der Waals surface area contributed by atoms with Crippen molar-refractivity contribution >= 4 is 39.4 Å². The molecule has 1 fully saturated rings. The van der Waals surface area contributed by atoms with E-state index in [0.717, 1.165) is 17.3 Å². The first kappa shape index (κ1) is 17.1. The number of hydrogen-bond acceptors (Lipinski definition) is 4. The third-order valence-corrected chi connectivity index (χ3v) is 4.11. The van der Waals surface area contributed by atoms with Crippen LogP contribution in [0.25, 0.3) is 0 Å². The van der Waals surface area contributed by atoms with E-state index < -0.39 is 5.97 Å². The van der Waals surface area contributed by atoms with E-state index in [4.69, 9.17) is 21.1 Å². The third kappa shape index (κ3) is 5.50. The first-order valence-electron chi connectivity index (χ1n) is 6.98. The number of rotatable bonds is 7. The van der Waals surface area contributed by atoms with Crippen LogP contribution in [0.4, 0.5) is 0 Å². The van der Waals surface area contributed by atoms with Crippen LogP contribution in [-0.2, 0) is 14.3 Å². The maximum atomic E-state index is 11.6. The average Bonchev–Trinajstić information content (AvgIpc) is 3.28. The lowest BCUT2D eigenvalue weighted by Gasteiger charge is -2.13. The van der Waals surface area contributed by atoms with Crippen molar-refractivity contribution < 1.29 is 19.1 Å². The van der Waals surface area contributed by atoms with E-state index in [2.05, 4.69) is 21.2 Å². The summed E-state index contributed by atoms with van der Waals surface area (Å²) in [5.41, 5.74) is 0. The molecule has 1 N–H and O–H groups in total. The molecule has 22 heavy (non-hydrogen) atoms. The summed E-state index contributed by atoms with van der Waals surface area (Å²) in [6.45, 7) is 1.36. The van der Waals surface area contributed by atoms with Gasteiger partial charge in [-0.3, -0.25) is 4.79 Å². The Bertz CT molecular complexity index is 562. The molecule has 0 radical (unpaired) electrons. The fourth-order valence-corrected chi connectivity index (χ4v) is 2.65. The topological polar surface area (TPSA) is 64.6 Å². The predicted octanol–water partition coefficient (Wildman–Crippen LogP) is 2.94. The number of carbonyl (C=O) groups is 2. The Hall–Kier alpha value is -1.27. The fraction of sp³-hybridized carbons (Fsp3) is 0.467. The summed E-state index contributed by atoms with van der Waals surface area (Å²) in [6, 6.07) is 5.18. The van der Waals surface area contributed by atoms with Crippen molar-refractivity contribution in [2.24, 2.45) is 5.92 Å². The Kier molecular flexibility index (Phi) is 6.08. The van der Waals surface area contributed by atoms with Gasteiger partial charge in [-0.05, 0) is 43.9 Å². The van der Waals surface area contributed by atoms with Crippen LogP contribution >= 0.6 is 27.5 Å². The van der Waals surface area contributed by atoms with Crippen LogP contribution < -0.4 is 10.1 Å². The summed E-state index contributed by atoms with van der Waals surface area (Å²) in [5.74, 6) is 0.0267. The molecule has 1 aromatic rings. The maximum Gasteiger partial charge on any atom is 0.344 e. The minimum atomic E-state index is -0.617. The van der Waals surface area contributed by atoms with E-state index in [-0.39, 0.29) is 25.2 Å². The highest BCUT2D eigenvalue weighted by Gasteiger charge is 2.28. The standard InChI is InChI=1S/C15H17BrClNO4/c1-9(10-2-3-10)18-14(19)7-22-15(20)8-21-13-5-4-11(16)6-12(13)17/h4-6,9-10H,2-3,7-8H2,1H3,(H,18,19)/t9-/m0/s1. The molecule has 0 aromatic heterocycles. The zero-order chi connectivity index (χ0) is 16.1. The summed E-state index contributed by atoms with van der Waals surface area (Å²) in [7, 11) is 0. The van der Waals surface area contributed by atoms with Crippen molar-refractivity contribution in [3.63, 3.8) is 0 Å². The molecule has 0 saturated heterocycles. The number of nitrogens with one attached hydrogen (secondary N) is 1. The normalized spacial score (nSPS) is 15.0. The van der Waals surface area contributed by atoms with Gasteiger partial charge in [0.15, 0.2) is 13.2 Å². The van der Waals surface area contributed by atoms with Gasteiger partial charge in [0.1, 0.15) is 5.75 Å². The van der Waals surface area contributed by atoms with E-state index in [1.165, 1.54) is 0 Å². The van der Waals surface area contributed by atoms with E-state index in [1.54, 1.807) is 18.2 Å². The first-order valence-corrected chi connectivity index (χ1v) is 8.15.